The summed E-state index contributed by atoms with van der Waals surface area (Å²) in [5, 5.41) is 3.15. The van der Waals surface area contributed by atoms with Crippen molar-refractivity contribution in [2.75, 3.05) is 25.6 Å². The fourth-order valence-electron chi connectivity index (χ4n) is 1.30. The number of nitrogens with one attached hydrogen (secondary N) is 1. The predicted molar refractivity (Wildman–Crippen MR) is 75.0 cm³/mol. The van der Waals surface area contributed by atoms with Crippen molar-refractivity contribution >= 4 is 27.6 Å². The van der Waals surface area contributed by atoms with Gasteiger partial charge < -0.3 is 14.8 Å². The van der Waals surface area contributed by atoms with E-state index in [1.807, 2.05) is 18.2 Å². The first-order valence-corrected chi connectivity index (χ1v) is 6.37. The van der Waals surface area contributed by atoms with Gasteiger partial charge in [-0.3, -0.25) is 0 Å². The monoisotopic (exact) mass is 313 g/mol. The average molecular weight is 314 g/mol. The van der Waals surface area contributed by atoms with Crippen molar-refractivity contribution in [1.82, 2.24) is 0 Å². The van der Waals surface area contributed by atoms with Crippen molar-refractivity contribution < 1.29 is 14.3 Å². The molecule has 1 N–H and O–H groups in total. The van der Waals surface area contributed by atoms with Gasteiger partial charge in [-0.2, -0.15) is 0 Å². The van der Waals surface area contributed by atoms with Crippen molar-refractivity contribution in [3.63, 3.8) is 0 Å². The summed E-state index contributed by atoms with van der Waals surface area (Å²) in [5.74, 6) is 0.456. The van der Waals surface area contributed by atoms with E-state index in [-0.39, 0.29) is 5.97 Å². The zero-order valence-electron chi connectivity index (χ0n) is 10.4. The minimum Gasteiger partial charge on any atom is -0.496 e. The highest BCUT2D eigenvalue weighted by atomic mass is 79.9. The van der Waals surface area contributed by atoms with Crippen molar-refractivity contribution in [3.8, 4) is 5.75 Å². The summed E-state index contributed by atoms with van der Waals surface area (Å²) >= 11 is 3.40. The molecule has 98 valence electrons. The van der Waals surface area contributed by atoms with E-state index in [0.29, 0.717) is 13.2 Å². The number of rotatable bonds is 6. The van der Waals surface area contributed by atoms with Crippen LogP contribution < -0.4 is 10.1 Å². The van der Waals surface area contributed by atoms with E-state index >= 15 is 0 Å². The van der Waals surface area contributed by atoms with Gasteiger partial charge in [0.25, 0.3) is 0 Å². The molecule has 0 aliphatic heterocycles. The lowest BCUT2D eigenvalue weighted by atomic mass is 10.3. The van der Waals surface area contributed by atoms with Gasteiger partial charge >= 0.3 is 5.97 Å². The summed E-state index contributed by atoms with van der Waals surface area (Å²) in [6, 6.07) is 5.68. The lowest BCUT2D eigenvalue weighted by Crippen LogP contribution is -2.02. The molecule has 0 unspecified atom stereocenters. The van der Waals surface area contributed by atoms with Crippen LogP contribution in [0.3, 0.4) is 0 Å². The molecule has 4 nitrogen and oxygen atoms in total. The fourth-order valence-corrected chi connectivity index (χ4v) is 1.84. The molecule has 0 heterocycles. The number of esters is 1. The third-order valence-corrected chi connectivity index (χ3v) is 2.74. The molecule has 0 saturated carbocycles. The van der Waals surface area contributed by atoms with E-state index in [9.17, 15) is 4.79 Å². The molecule has 1 aromatic rings. The SMILES string of the molecule is CCOC(=O)/C=C/CNc1ccc(OC)c(Br)c1. The second-order valence-electron chi connectivity index (χ2n) is 3.38. The molecule has 0 saturated heterocycles. The van der Waals surface area contributed by atoms with Crippen LogP contribution in [-0.2, 0) is 9.53 Å². The summed E-state index contributed by atoms with van der Waals surface area (Å²) in [7, 11) is 1.62. The average Bonchev–Trinajstić information content (AvgIpc) is 2.35. The van der Waals surface area contributed by atoms with Crippen LogP contribution in [0.1, 0.15) is 6.92 Å². The van der Waals surface area contributed by atoms with E-state index in [1.165, 1.54) is 6.08 Å². The summed E-state index contributed by atoms with van der Waals surface area (Å²) in [4.78, 5) is 11.0. The zero-order chi connectivity index (χ0) is 13.4. The number of anilines is 1. The number of ether oxygens (including phenoxy) is 2. The predicted octanol–water partition coefficient (Wildman–Crippen LogP) is 2.99. The third-order valence-electron chi connectivity index (χ3n) is 2.12. The number of hydrogen-bond donors (Lipinski definition) is 1. The lowest BCUT2D eigenvalue weighted by Gasteiger charge is -2.07. The Hall–Kier alpha value is -1.49. The number of carbonyl (C=O) groups is 1. The summed E-state index contributed by atoms with van der Waals surface area (Å²) in [6.07, 6.45) is 3.13. The van der Waals surface area contributed by atoms with Crippen molar-refractivity contribution in [2.24, 2.45) is 0 Å². The standard InChI is InChI=1S/C13H16BrNO3/c1-3-18-13(16)5-4-8-15-10-6-7-12(17-2)11(14)9-10/h4-7,9,15H,3,8H2,1-2H3/b5-4+. The van der Waals surface area contributed by atoms with Gasteiger partial charge in [-0.25, -0.2) is 4.79 Å². The van der Waals surface area contributed by atoms with E-state index in [0.717, 1.165) is 15.9 Å². The quantitative estimate of drug-likeness (QED) is 0.648. The molecule has 18 heavy (non-hydrogen) atoms. The first-order chi connectivity index (χ1) is 8.67. The molecule has 0 spiro atoms. The highest BCUT2D eigenvalue weighted by Crippen LogP contribution is 2.27. The van der Waals surface area contributed by atoms with Crippen LogP contribution in [0.4, 0.5) is 5.69 Å². The Morgan fingerprint density at radius 1 is 1.50 bits per heavy atom. The van der Waals surface area contributed by atoms with Gasteiger partial charge in [0, 0.05) is 18.3 Å². The molecule has 1 rings (SSSR count). The maximum Gasteiger partial charge on any atom is 0.330 e. The van der Waals surface area contributed by atoms with Gasteiger partial charge in [-0.1, -0.05) is 6.08 Å². The number of hydrogen-bond acceptors (Lipinski definition) is 4. The van der Waals surface area contributed by atoms with Gasteiger partial charge in [-0.15, -0.1) is 0 Å². The number of benzene rings is 1. The first-order valence-electron chi connectivity index (χ1n) is 5.58. The maximum absolute atomic E-state index is 11.0. The Labute approximate surface area is 115 Å². The normalized spacial score (nSPS) is 10.4. The van der Waals surface area contributed by atoms with Crippen LogP contribution in [0, 0.1) is 0 Å². The maximum atomic E-state index is 11.0. The van der Waals surface area contributed by atoms with Gasteiger partial charge in [0.1, 0.15) is 5.75 Å². The van der Waals surface area contributed by atoms with Crippen molar-refractivity contribution in [3.05, 3.63) is 34.8 Å². The van der Waals surface area contributed by atoms with Crippen LogP contribution in [-0.4, -0.2) is 26.2 Å². The number of methoxy groups -OCH3 is 1. The van der Waals surface area contributed by atoms with E-state index in [1.54, 1.807) is 20.1 Å². The molecule has 5 heteroatoms. The molecule has 0 bridgehead atoms. The summed E-state index contributed by atoms with van der Waals surface area (Å²) in [6.45, 7) is 2.72. The third kappa shape index (κ3) is 4.79. The summed E-state index contributed by atoms with van der Waals surface area (Å²) < 4.78 is 10.8. The largest absolute Gasteiger partial charge is 0.496 e. The molecule has 1 aromatic carbocycles. The first kappa shape index (κ1) is 14.6. The van der Waals surface area contributed by atoms with E-state index in [4.69, 9.17) is 9.47 Å². The van der Waals surface area contributed by atoms with Gasteiger partial charge in [0.15, 0.2) is 0 Å². The second kappa shape index (κ2) is 7.76. The van der Waals surface area contributed by atoms with Crippen molar-refractivity contribution in [1.29, 1.82) is 0 Å². The molecule has 0 aliphatic rings. The Morgan fingerprint density at radius 2 is 2.28 bits per heavy atom. The van der Waals surface area contributed by atoms with Crippen LogP contribution >= 0.6 is 15.9 Å². The Balaban J connectivity index is 2.44. The molecule has 0 aliphatic carbocycles. The highest BCUT2D eigenvalue weighted by Gasteiger charge is 2.00. The molecular weight excluding hydrogens is 298 g/mol. The van der Waals surface area contributed by atoms with E-state index < -0.39 is 0 Å². The molecule has 0 radical (unpaired) electrons. The zero-order valence-corrected chi connectivity index (χ0v) is 12.0. The van der Waals surface area contributed by atoms with Gasteiger partial charge in [0.05, 0.1) is 18.2 Å². The van der Waals surface area contributed by atoms with Crippen LogP contribution in [0.5, 0.6) is 5.75 Å². The van der Waals surface area contributed by atoms with Gasteiger partial charge in [-0.05, 0) is 41.1 Å². The molecular formula is C13H16BrNO3. The second-order valence-corrected chi connectivity index (χ2v) is 4.24. The number of halogens is 1. The lowest BCUT2D eigenvalue weighted by molar-refractivity contribution is -0.137. The van der Waals surface area contributed by atoms with Crippen LogP contribution in [0.15, 0.2) is 34.8 Å². The van der Waals surface area contributed by atoms with Crippen LogP contribution in [0.25, 0.3) is 0 Å². The molecule has 0 fully saturated rings. The molecule has 0 atom stereocenters. The van der Waals surface area contributed by atoms with Crippen LogP contribution in [0.2, 0.25) is 0 Å². The molecule has 0 amide bonds. The smallest absolute Gasteiger partial charge is 0.330 e. The summed E-state index contributed by atoms with van der Waals surface area (Å²) in [5.41, 5.74) is 0.941. The Morgan fingerprint density at radius 3 is 2.89 bits per heavy atom. The topological polar surface area (TPSA) is 47.6 Å². The minimum atomic E-state index is -0.324. The minimum absolute atomic E-state index is 0.324. The fraction of sp³-hybridized carbons (Fsp3) is 0.308. The van der Waals surface area contributed by atoms with Gasteiger partial charge in [0.2, 0.25) is 0 Å². The number of carbonyl (C=O) groups excluding carboxylic acids is 1. The Bertz CT molecular complexity index is 432. The van der Waals surface area contributed by atoms with Crippen molar-refractivity contribution in [2.45, 2.75) is 6.92 Å². The van der Waals surface area contributed by atoms with E-state index in [2.05, 4.69) is 21.2 Å². The Kier molecular flexibility index (Phi) is 6.28. The highest BCUT2D eigenvalue weighted by molar-refractivity contribution is 9.10. The molecule has 0 aromatic heterocycles.